The van der Waals surface area contributed by atoms with E-state index in [1.165, 1.54) is 13.4 Å². The second-order valence-corrected chi connectivity index (χ2v) is 6.23. The third kappa shape index (κ3) is 3.02. The van der Waals surface area contributed by atoms with E-state index in [2.05, 4.69) is 4.72 Å². The summed E-state index contributed by atoms with van der Waals surface area (Å²) in [5.74, 6) is 0.886. The summed E-state index contributed by atoms with van der Waals surface area (Å²) in [5.41, 5.74) is 1.87. The molecule has 6 heteroatoms. The largest absolute Gasteiger partial charge is 0.495 e. The Bertz CT molecular complexity index is 690. The molecule has 108 valence electrons. The van der Waals surface area contributed by atoms with E-state index in [-0.39, 0.29) is 11.4 Å². The van der Waals surface area contributed by atoms with Crippen LogP contribution in [0.4, 0.5) is 0 Å². The summed E-state index contributed by atoms with van der Waals surface area (Å²) in [5, 5.41) is 0. The van der Waals surface area contributed by atoms with E-state index >= 15 is 0 Å². The van der Waals surface area contributed by atoms with Crippen LogP contribution in [-0.4, -0.2) is 15.5 Å². The van der Waals surface area contributed by atoms with Crippen molar-refractivity contribution in [2.75, 3.05) is 7.11 Å². The molecule has 0 aliphatic rings. The molecule has 0 amide bonds. The molecule has 0 aliphatic carbocycles. The van der Waals surface area contributed by atoms with Gasteiger partial charge in [-0.05, 0) is 49.2 Å². The zero-order valence-corrected chi connectivity index (χ0v) is 12.5. The Kier molecular flexibility index (Phi) is 4.15. The van der Waals surface area contributed by atoms with E-state index in [0.717, 1.165) is 11.1 Å². The molecule has 0 spiro atoms. The first-order valence-electron chi connectivity index (χ1n) is 6.11. The highest BCUT2D eigenvalue weighted by Crippen LogP contribution is 2.27. The maximum Gasteiger partial charge on any atom is 0.244 e. The van der Waals surface area contributed by atoms with Crippen LogP contribution < -0.4 is 9.46 Å². The van der Waals surface area contributed by atoms with Gasteiger partial charge in [-0.2, -0.15) is 0 Å². The van der Waals surface area contributed by atoms with Crippen molar-refractivity contribution in [3.63, 3.8) is 0 Å². The lowest BCUT2D eigenvalue weighted by Gasteiger charge is -2.12. The van der Waals surface area contributed by atoms with Gasteiger partial charge in [0.05, 0.1) is 19.9 Å². The van der Waals surface area contributed by atoms with Gasteiger partial charge in [0.15, 0.2) is 0 Å². The van der Waals surface area contributed by atoms with Crippen LogP contribution in [0.5, 0.6) is 5.75 Å². The SMILES string of the molecule is COc1cc(C)c(C)cc1S(=O)(=O)NCc1ccco1. The molecule has 0 unspecified atom stereocenters. The number of benzene rings is 1. The van der Waals surface area contributed by atoms with Crippen molar-refractivity contribution >= 4 is 10.0 Å². The number of ether oxygens (including phenoxy) is 1. The second kappa shape index (κ2) is 5.68. The van der Waals surface area contributed by atoms with Crippen LogP contribution in [0, 0.1) is 13.8 Å². The molecule has 2 aromatic rings. The lowest BCUT2D eigenvalue weighted by molar-refractivity contribution is 0.401. The molecular weight excluding hydrogens is 278 g/mol. The Morgan fingerprint density at radius 1 is 1.25 bits per heavy atom. The molecular formula is C14H17NO4S. The molecule has 1 aromatic carbocycles. The van der Waals surface area contributed by atoms with Crippen molar-refractivity contribution in [1.29, 1.82) is 0 Å². The summed E-state index contributed by atoms with van der Waals surface area (Å²) in [6, 6.07) is 6.75. The summed E-state index contributed by atoms with van der Waals surface area (Å²) in [4.78, 5) is 0.134. The minimum atomic E-state index is -3.65. The van der Waals surface area contributed by atoms with E-state index in [1.807, 2.05) is 13.8 Å². The van der Waals surface area contributed by atoms with Crippen molar-refractivity contribution in [2.24, 2.45) is 0 Å². The van der Waals surface area contributed by atoms with E-state index in [9.17, 15) is 8.42 Å². The van der Waals surface area contributed by atoms with Gasteiger partial charge in [-0.25, -0.2) is 13.1 Å². The van der Waals surface area contributed by atoms with Crippen molar-refractivity contribution < 1.29 is 17.6 Å². The Hall–Kier alpha value is -1.79. The Morgan fingerprint density at radius 2 is 1.95 bits per heavy atom. The van der Waals surface area contributed by atoms with E-state index < -0.39 is 10.0 Å². The molecule has 0 bridgehead atoms. The van der Waals surface area contributed by atoms with Gasteiger partial charge in [0.2, 0.25) is 10.0 Å². The normalized spacial score (nSPS) is 11.6. The summed E-state index contributed by atoms with van der Waals surface area (Å²) < 4.78 is 37.4. The smallest absolute Gasteiger partial charge is 0.244 e. The summed E-state index contributed by atoms with van der Waals surface area (Å²) in [6.07, 6.45) is 1.50. The van der Waals surface area contributed by atoms with E-state index in [0.29, 0.717) is 11.5 Å². The molecule has 0 aliphatic heterocycles. The Labute approximate surface area is 118 Å². The molecule has 1 aromatic heterocycles. The molecule has 0 fully saturated rings. The fraction of sp³-hybridized carbons (Fsp3) is 0.286. The van der Waals surface area contributed by atoms with Gasteiger partial charge >= 0.3 is 0 Å². The third-order valence-corrected chi connectivity index (χ3v) is 4.51. The quantitative estimate of drug-likeness (QED) is 0.919. The third-order valence-electron chi connectivity index (χ3n) is 3.09. The highest BCUT2D eigenvalue weighted by molar-refractivity contribution is 7.89. The first-order valence-corrected chi connectivity index (χ1v) is 7.59. The summed E-state index contributed by atoms with van der Waals surface area (Å²) >= 11 is 0. The monoisotopic (exact) mass is 295 g/mol. The van der Waals surface area contributed by atoms with Crippen LogP contribution in [0.15, 0.2) is 39.8 Å². The predicted molar refractivity (Wildman–Crippen MR) is 75.2 cm³/mol. The van der Waals surface area contributed by atoms with Gasteiger partial charge in [-0.3, -0.25) is 0 Å². The van der Waals surface area contributed by atoms with Crippen LogP contribution in [0.3, 0.4) is 0 Å². The van der Waals surface area contributed by atoms with Gasteiger partial charge < -0.3 is 9.15 Å². The van der Waals surface area contributed by atoms with Crippen LogP contribution in [0.25, 0.3) is 0 Å². The Balaban J connectivity index is 2.31. The van der Waals surface area contributed by atoms with Crippen molar-refractivity contribution in [3.05, 3.63) is 47.4 Å². The minimum Gasteiger partial charge on any atom is -0.495 e. The van der Waals surface area contributed by atoms with E-state index in [4.69, 9.17) is 9.15 Å². The highest BCUT2D eigenvalue weighted by Gasteiger charge is 2.20. The molecule has 0 atom stereocenters. The number of hydrogen-bond donors (Lipinski definition) is 1. The number of rotatable bonds is 5. The maximum absolute atomic E-state index is 12.3. The first-order chi connectivity index (χ1) is 9.44. The van der Waals surface area contributed by atoms with Crippen LogP contribution in [0.2, 0.25) is 0 Å². The lowest BCUT2D eigenvalue weighted by atomic mass is 10.1. The van der Waals surface area contributed by atoms with Crippen molar-refractivity contribution in [2.45, 2.75) is 25.3 Å². The number of nitrogens with one attached hydrogen (secondary N) is 1. The van der Waals surface area contributed by atoms with Crippen molar-refractivity contribution in [1.82, 2.24) is 4.72 Å². The molecule has 1 N–H and O–H groups in total. The average molecular weight is 295 g/mol. The van der Waals surface area contributed by atoms with Crippen LogP contribution in [0.1, 0.15) is 16.9 Å². The number of aryl methyl sites for hydroxylation is 2. The number of sulfonamides is 1. The van der Waals surface area contributed by atoms with Crippen molar-refractivity contribution in [3.8, 4) is 5.75 Å². The zero-order chi connectivity index (χ0) is 14.8. The molecule has 0 saturated heterocycles. The highest BCUT2D eigenvalue weighted by atomic mass is 32.2. The molecule has 2 rings (SSSR count). The van der Waals surface area contributed by atoms with E-state index in [1.54, 1.807) is 24.3 Å². The van der Waals surface area contributed by atoms with Gasteiger partial charge in [0, 0.05) is 0 Å². The maximum atomic E-state index is 12.3. The lowest BCUT2D eigenvalue weighted by Crippen LogP contribution is -2.23. The summed E-state index contributed by atoms with van der Waals surface area (Å²) in [7, 11) is -2.20. The minimum absolute atomic E-state index is 0.103. The predicted octanol–water partition coefficient (Wildman–Crippen LogP) is 2.38. The molecule has 1 heterocycles. The molecule has 5 nitrogen and oxygen atoms in total. The zero-order valence-electron chi connectivity index (χ0n) is 11.6. The van der Waals surface area contributed by atoms with Gasteiger partial charge in [-0.15, -0.1) is 0 Å². The fourth-order valence-electron chi connectivity index (χ4n) is 1.79. The van der Waals surface area contributed by atoms with Gasteiger partial charge in [-0.1, -0.05) is 0 Å². The standard InChI is InChI=1S/C14H17NO4S/c1-10-7-13(18-3)14(8-11(10)2)20(16,17)15-9-12-5-4-6-19-12/h4-8,15H,9H2,1-3H3. The van der Waals surface area contributed by atoms with Crippen LogP contribution >= 0.6 is 0 Å². The van der Waals surface area contributed by atoms with Gasteiger partial charge in [0.25, 0.3) is 0 Å². The summed E-state index contributed by atoms with van der Waals surface area (Å²) in [6.45, 7) is 3.87. The Morgan fingerprint density at radius 3 is 2.55 bits per heavy atom. The number of hydrogen-bond acceptors (Lipinski definition) is 4. The number of methoxy groups -OCH3 is 1. The molecule has 0 radical (unpaired) electrons. The van der Waals surface area contributed by atoms with Gasteiger partial charge in [0.1, 0.15) is 16.4 Å². The fourth-order valence-corrected chi connectivity index (χ4v) is 3.02. The second-order valence-electron chi connectivity index (χ2n) is 4.49. The molecule has 20 heavy (non-hydrogen) atoms. The average Bonchev–Trinajstić information content (AvgIpc) is 2.92. The molecule has 0 saturated carbocycles. The first kappa shape index (κ1) is 14.6. The topological polar surface area (TPSA) is 68.5 Å². The number of furan rings is 1. The van der Waals surface area contributed by atoms with Crippen LogP contribution in [-0.2, 0) is 16.6 Å².